The van der Waals surface area contributed by atoms with Gasteiger partial charge in [0.1, 0.15) is 0 Å². The maximum absolute atomic E-state index is 12.8. The Bertz CT molecular complexity index is 742. The topological polar surface area (TPSA) is 42.7 Å². The highest BCUT2D eigenvalue weighted by Crippen LogP contribution is 2.35. The summed E-state index contributed by atoms with van der Waals surface area (Å²) in [7, 11) is 0. The molecule has 1 aromatic heterocycles. The zero-order valence-corrected chi connectivity index (χ0v) is 12.3. The van der Waals surface area contributed by atoms with Gasteiger partial charge in [-0.2, -0.15) is 13.2 Å². The SMILES string of the molecule is FC(F)(F)c1nnc2n1NC(c1ccc(Cl)c(Cl)c1)=CS2. The van der Waals surface area contributed by atoms with Gasteiger partial charge < -0.3 is 0 Å². The molecule has 21 heavy (non-hydrogen) atoms. The molecule has 0 atom stereocenters. The van der Waals surface area contributed by atoms with Crippen molar-refractivity contribution in [3.8, 4) is 0 Å². The first-order chi connectivity index (χ1) is 9.86. The number of halogens is 5. The Morgan fingerprint density at radius 2 is 1.90 bits per heavy atom. The second-order valence-corrected chi connectivity index (χ2v) is 5.68. The van der Waals surface area contributed by atoms with Crippen LogP contribution in [0.2, 0.25) is 10.0 Å². The number of nitrogens with zero attached hydrogens (tertiary/aromatic N) is 3. The molecule has 0 aliphatic carbocycles. The van der Waals surface area contributed by atoms with E-state index in [1.165, 1.54) is 0 Å². The van der Waals surface area contributed by atoms with E-state index in [0.29, 0.717) is 21.3 Å². The maximum Gasteiger partial charge on any atom is 0.453 e. The minimum atomic E-state index is -4.60. The van der Waals surface area contributed by atoms with Crippen molar-refractivity contribution in [3.63, 3.8) is 0 Å². The van der Waals surface area contributed by atoms with Crippen LogP contribution < -0.4 is 5.43 Å². The number of alkyl halides is 3. The molecule has 2 aromatic rings. The van der Waals surface area contributed by atoms with Crippen LogP contribution in [0.3, 0.4) is 0 Å². The molecule has 0 spiro atoms. The van der Waals surface area contributed by atoms with Crippen molar-refractivity contribution in [2.45, 2.75) is 11.3 Å². The van der Waals surface area contributed by atoms with Gasteiger partial charge in [0.25, 0.3) is 5.82 Å². The van der Waals surface area contributed by atoms with Gasteiger partial charge in [-0.05, 0) is 12.1 Å². The monoisotopic (exact) mass is 352 g/mol. The zero-order valence-electron chi connectivity index (χ0n) is 9.95. The number of hydrogen-bond acceptors (Lipinski definition) is 4. The summed E-state index contributed by atoms with van der Waals surface area (Å²) in [6.07, 6.45) is -4.60. The van der Waals surface area contributed by atoms with Crippen molar-refractivity contribution in [3.05, 3.63) is 45.0 Å². The summed E-state index contributed by atoms with van der Waals surface area (Å²) < 4.78 is 39.3. The molecule has 0 saturated heterocycles. The molecule has 0 radical (unpaired) electrons. The number of aromatic nitrogens is 3. The van der Waals surface area contributed by atoms with E-state index in [1.807, 2.05) is 0 Å². The second-order valence-electron chi connectivity index (χ2n) is 4.03. The second kappa shape index (κ2) is 5.11. The lowest BCUT2D eigenvalue weighted by Crippen LogP contribution is -2.24. The molecule has 0 unspecified atom stereocenters. The third kappa shape index (κ3) is 2.70. The third-order valence-electron chi connectivity index (χ3n) is 2.63. The minimum Gasteiger partial charge on any atom is -0.289 e. The van der Waals surface area contributed by atoms with Crippen molar-refractivity contribution < 1.29 is 13.2 Å². The van der Waals surface area contributed by atoms with Gasteiger partial charge >= 0.3 is 6.18 Å². The van der Waals surface area contributed by atoms with Crippen LogP contribution in [0.15, 0.2) is 28.8 Å². The van der Waals surface area contributed by atoms with Crippen LogP contribution >= 0.6 is 35.0 Å². The molecule has 2 heterocycles. The summed E-state index contributed by atoms with van der Waals surface area (Å²) >= 11 is 12.8. The number of benzene rings is 1. The van der Waals surface area contributed by atoms with Crippen molar-refractivity contribution in [1.29, 1.82) is 0 Å². The Balaban J connectivity index is 1.97. The van der Waals surface area contributed by atoms with Gasteiger partial charge in [0.15, 0.2) is 0 Å². The fourth-order valence-corrected chi connectivity index (χ4v) is 2.72. The van der Waals surface area contributed by atoms with Crippen LogP contribution in [0.1, 0.15) is 11.4 Å². The Morgan fingerprint density at radius 1 is 1.14 bits per heavy atom. The molecule has 1 aliphatic rings. The van der Waals surface area contributed by atoms with Gasteiger partial charge in [0.05, 0.1) is 15.7 Å². The molecule has 0 saturated carbocycles. The van der Waals surface area contributed by atoms with Crippen LogP contribution in [0.5, 0.6) is 0 Å². The van der Waals surface area contributed by atoms with Gasteiger partial charge in [-0.15, -0.1) is 10.2 Å². The van der Waals surface area contributed by atoms with Gasteiger partial charge in [-0.1, -0.05) is 41.0 Å². The van der Waals surface area contributed by atoms with Crippen molar-refractivity contribution in [2.75, 3.05) is 5.43 Å². The fourth-order valence-electron chi connectivity index (χ4n) is 1.69. The first kappa shape index (κ1) is 14.6. The van der Waals surface area contributed by atoms with E-state index in [9.17, 15) is 13.2 Å². The fraction of sp³-hybridized carbons (Fsp3) is 0.0909. The number of nitrogens with one attached hydrogen (secondary N) is 1. The smallest absolute Gasteiger partial charge is 0.289 e. The highest BCUT2D eigenvalue weighted by Gasteiger charge is 2.39. The quantitative estimate of drug-likeness (QED) is 0.832. The Kier molecular flexibility index (Phi) is 3.54. The molecule has 110 valence electrons. The Morgan fingerprint density at radius 3 is 2.57 bits per heavy atom. The molecule has 10 heteroatoms. The lowest BCUT2D eigenvalue weighted by atomic mass is 10.2. The van der Waals surface area contributed by atoms with Crippen molar-refractivity contribution >= 4 is 40.7 Å². The average molecular weight is 353 g/mol. The number of thioether (sulfide) groups is 1. The highest BCUT2D eigenvalue weighted by molar-refractivity contribution is 8.02. The molecule has 4 nitrogen and oxygen atoms in total. The van der Waals surface area contributed by atoms with E-state index >= 15 is 0 Å². The lowest BCUT2D eigenvalue weighted by Gasteiger charge is -2.19. The zero-order chi connectivity index (χ0) is 15.2. The first-order valence-corrected chi connectivity index (χ1v) is 7.12. The van der Waals surface area contributed by atoms with E-state index in [1.54, 1.807) is 23.6 Å². The van der Waals surface area contributed by atoms with E-state index in [-0.39, 0.29) is 5.16 Å². The predicted molar refractivity (Wildman–Crippen MR) is 74.7 cm³/mol. The summed E-state index contributed by atoms with van der Waals surface area (Å²) in [6.45, 7) is 0. The first-order valence-electron chi connectivity index (χ1n) is 5.48. The molecular formula is C11H5Cl2F3N4S. The summed E-state index contributed by atoms with van der Waals surface area (Å²) in [6, 6.07) is 4.78. The highest BCUT2D eigenvalue weighted by atomic mass is 35.5. The number of fused-ring (bicyclic) bond motifs is 1. The molecular weight excluding hydrogens is 348 g/mol. The third-order valence-corrected chi connectivity index (χ3v) is 4.20. The maximum atomic E-state index is 12.8. The van der Waals surface area contributed by atoms with E-state index in [4.69, 9.17) is 23.2 Å². The largest absolute Gasteiger partial charge is 0.453 e. The van der Waals surface area contributed by atoms with Gasteiger partial charge in [0, 0.05) is 11.0 Å². The van der Waals surface area contributed by atoms with Crippen LogP contribution in [-0.2, 0) is 6.18 Å². The van der Waals surface area contributed by atoms with Gasteiger partial charge in [0.2, 0.25) is 5.16 Å². The van der Waals surface area contributed by atoms with E-state index in [0.717, 1.165) is 16.4 Å². The van der Waals surface area contributed by atoms with Gasteiger partial charge in [-0.25, -0.2) is 4.68 Å². The summed E-state index contributed by atoms with van der Waals surface area (Å²) in [5.41, 5.74) is 3.67. The molecule has 0 amide bonds. The average Bonchev–Trinajstić information content (AvgIpc) is 2.84. The minimum absolute atomic E-state index is 0.103. The van der Waals surface area contributed by atoms with Crippen molar-refractivity contribution in [1.82, 2.24) is 14.9 Å². The van der Waals surface area contributed by atoms with Crippen molar-refractivity contribution in [2.24, 2.45) is 0 Å². The van der Waals surface area contributed by atoms with Crippen LogP contribution in [0, 0.1) is 0 Å². The van der Waals surface area contributed by atoms with E-state index < -0.39 is 12.0 Å². The normalized spacial score (nSPS) is 14.4. The standard InChI is InChI=1S/C11H5Cl2F3N4S/c12-6-2-1-5(3-7(6)13)8-4-21-10-18-17-9(11(14,15)16)20(10)19-8/h1-4,19H. The summed E-state index contributed by atoms with van der Waals surface area (Å²) in [5.74, 6) is -1.12. The molecule has 0 fully saturated rings. The number of hydrogen-bond donors (Lipinski definition) is 1. The van der Waals surface area contributed by atoms with Gasteiger partial charge in [-0.3, -0.25) is 5.43 Å². The Labute approximate surface area is 130 Å². The molecule has 1 N–H and O–H groups in total. The van der Waals surface area contributed by atoms with E-state index in [2.05, 4.69) is 15.6 Å². The van der Waals surface area contributed by atoms with Crippen LogP contribution in [0.25, 0.3) is 5.70 Å². The molecule has 0 bridgehead atoms. The van der Waals surface area contributed by atoms with Crippen LogP contribution in [0.4, 0.5) is 13.2 Å². The lowest BCUT2D eigenvalue weighted by molar-refractivity contribution is -0.146. The molecule has 3 rings (SSSR count). The van der Waals surface area contributed by atoms with Crippen LogP contribution in [-0.4, -0.2) is 14.9 Å². The number of rotatable bonds is 1. The summed E-state index contributed by atoms with van der Waals surface area (Å²) in [4.78, 5) is 0. The predicted octanol–water partition coefficient (Wildman–Crippen LogP) is 4.25. The molecule has 1 aromatic carbocycles. The molecule has 1 aliphatic heterocycles. The summed E-state index contributed by atoms with van der Waals surface area (Å²) in [5, 5.41) is 9.05. The Hall–Kier alpha value is -1.38.